The molecule has 0 aliphatic heterocycles. The van der Waals surface area contributed by atoms with E-state index in [0.717, 1.165) is 31.7 Å². The molecule has 1 saturated carbocycles. The van der Waals surface area contributed by atoms with E-state index in [2.05, 4.69) is 0 Å². The van der Waals surface area contributed by atoms with Crippen molar-refractivity contribution < 1.29 is 25.2 Å². The monoisotopic (exact) mass is 308 g/mol. The molecular weight excluding hydrogens is 284 g/mol. The van der Waals surface area contributed by atoms with Crippen LogP contribution in [0.15, 0.2) is 12.1 Å². The van der Waals surface area contributed by atoms with Gasteiger partial charge in [0.15, 0.2) is 11.5 Å². The zero-order valence-corrected chi connectivity index (χ0v) is 13.0. The Morgan fingerprint density at radius 3 is 2.59 bits per heavy atom. The van der Waals surface area contributed by atoms with Crippen LogP contribution in [-0.4, -0.2) is 26.4 Å². The SMILES string of the molecule is CCCC1CCC(C)CC1(O)c1c(C(=O)O)ccc(O)c1O. The summed E-state index contributed by atoms with van der Waals surface area (Å²) < 4.78 is 0. The van der Waals surface area contributed by atoms with Gasteiger partial charge in [0.2, 0.25) is 0 Å². The van der Waals surface area contributed by atoms with E-state index >= 15 is 0 Å². The van der Waals surface area contributed by atoms with Crippen LogP contribution >= 0.6 is 0 Å². The van der Waals surface area contributed by atoms with Gasteiger partial charge in [-0.1, -0.05) is 26.7 Å². The average Bonchev–Trinajstić information content (AvgIpc) is 2.44. The second-order valence-corrected chi connectivity index (χ2v) is 6.46. The van der Waals surface area contributed by atoms with Crippen LogP contribution in [0.25, 0.3) is 0 Å². The standard InChI is InChI=1S/C17H24O5/c1-3-4-11-6-5-10(2)9-17(11,22)14-12(16(20)21)7-8-13(18)15(14)19/h7-8,10-11,18-19,22H,3-6,9H2,1-2H3,(H,20,21). The van der Waals surface area contributed by atoms with Crippen LogP contribution < -0.4 is 0 Å². The molecule has 3 unspecified atom stereocenters. The van der Waals surface area contributed by atoms with Crippen molar-refractivity contribution in [1.82, 2.24) is 0 Å². The summed E-state index contributed by atoms with van der Waals surface area (Å²) in [7, 11) is 0. The van der Waals surface area contributed by atoms with E-state index in [1.807, 2.05) is 13.8 Å². The number of phenols is 2. The molecule has 122 valence electrons. The van der Waals surface area contributed by atoms with Gasteiger partial charge in [-0.3, -0.25) is 0 Å². The van der Waals surface area contributed by atoms with Crippen molar-refractivity contribution in [3.8, 4) is 11.5 Å². The van der Waals surface area contributed by atoms with E-state index in [9.17, 15) is 25.2 Å². The van der Waals surface area contributed by atoms with Gasteiger partial charge in [0.05, 0.1) is 11.2 Å². The van der Waals surface area contributed by atoms with E-state index in [0.29, 0.717) is 6.42 Å². The molecule has 0 amide bonds. The summed E-state index contributed by atoms with van der Waals surface area (Å²) in [6.07, 6.45) is 3.74. The lowest BCUT2D eigenvalue weighted by Gasteiger charge is -2.43. The maximum absolute atomic E-state index is 11.5. The quantitative estimate of drug-likeness (QED) is 0.640. The first kappa shape index (κ1) is 16.6. The fourth-order valence-electron chi connectivity index (χ4n) is 3.76. The smallest absolute Gasteiger partial charge is 0.336 e. The normalized spacial score (nSPS) is 28.5. The molecule has 1 aromatic carbocycles. The lowest BCUT2D eigenvalue weighted by molar-refractivity contribution is -0.0750. The first-order chi connectivity index (χ1) is 10.3. The molecule has 5 nitrogen and oxygen atoms in total. The van der Waals surface area contributed by atoms with Crippen molar-refractivity contribution in [1.29, 1.82) is 0 Å². The molecule has 0 aromatic heterocycles. The van der Waals surface area contributed by atoms with Gasteiger partial charge in [-0.2, -0.15) is 0 Å². The molecule has 2 rings (SSSR count). The zero-order valence-electron chi connectivity index (χ0n) is 13.0. The van der Waals surface area contributed by atoms with Gasteiger partial charge in [-0.05, 0) is 43.2 Å². The molecule has 1 fully saturated rings. The Bertz CT molecular complexity index is 568. The number of carbonyl (C=O) groups is 1. The van der Waals surface area contributed by atoms with Gasteiger partial charge in [-0.25, -0.2) is 4.79 Å². The molecule has 0 spiro atoms. The third-order valence-electron chi connectivity index (χ3n) is 4.80. The Morgan fingerprint density at radius 2 is 2.00 bits per heavy atom. The minimum absolute atomic E-state index is 0.0370. The molecule has 3 atom stereocenters. The van der Waals surface area contributed by atoms with E-state index in [4.69, 9.17) is 0 Å². The summed E-state index contributed by atoms with van der Waals surface area (Å²) in [6, 6.07) is 2.39. The largest absolute Gasteiger partial charge is 0.504 e. The summed E-state index contributed by atoms with van der Waals surface area (Å²) in [4.78, 5) is 11.5. The number of aromatic carboxylic acids is 1. The molecule has 0 bridgehead atoms. The number of rotatable bonds is 4. The van der Waals surface area contributed by atoms with Gasteiger partial charge < -0.3 is 20.4 Å². The Balaban J connectivity index is 2.63. The molecule has 1 aliphatic carbocycles. The van der Waals surface area contributed by atoms with Gasteiger partial charge in [-0.15, -0.1) is 0 Å². The van der Waals surface area contributed by atoms with Crippen LogP contribution in [-0.2, 0) is 5.60 Å². The van der Waals surface area contributed by atoms with E-state index in [-0.39, 0.29) is 23.0 Å². The number of aliphatic hydroxyl groups is 1. The number of hydrogen-bond donors (Lipinski definition) is 4. The number of benzene rings is 1. The van der Waals surface area contributed by atoms with E-state index < -0.39 is 23.1 Å². The summed E-state index contributed by atoms with van der Waals surface area (Å²) in [5, 5.41) is 40.7. The van der Waals surface area contributed by atoms with Crippen molar-refractivity contribution in [2.24, 2.45) is 11.8 Å². The van der Waals surface area contributed by atoms with Crippen molar-refractivity contribution in [3.63, 3.8) is 0 Å². The summed E-state index contributed by atoms with van der Waals surface area (Å²) >= 11 is 0. The highest BCUT2D eigenvalue weighted by molar-refractivity contribution is 5.91. The fourth-order valence-corrected chi connectivity index (χ4v) is 3.76. The van der Waals surface area contributed by atoms with E-state index in [1.54, 1.807) is 0 Å². The average molecular weight is 308 g/mol. The Kier molecular flexibility index (Phi) is 4.66. The fraction of sp³-hybridized carbons (Fsp3) is 0.588. The molecule has 0 heterocycles. The molecule has 5 heteroatoms. The van der Waals surface area contributed by atoms with Crippen LogP contribution in [0.4, 0.5) is 0 Å². The maximum Gasteiger partial charge on any atom is 0.336 e. The van der Waals surface area contributed by atoms with Crippen molar-refractivity contribution in [2.75, 3.05) is 0 Å². The predicted molar refractivity (Wildman–Crippen MR) is 82.0 cm³/mol. The van der Waals surface area contributed by atoms with Crippen molar-refractivity contribution in [3.05, 3.63) is 23.3 Å². The van der Waals surface area contributed by atoms with Crippen LogP contribution in [0, 0.1) is 11.8 Å². The predicted octanol–water partition coefficient (Wildman–Crippen LogP) is 3.22. The van der Waals surface area contributed by atoms with Crippen LogP contribution in [0.1, 0.15) is 61.9 Å². The highest BCUT2D eigenvalue weighted by Gasteiger charge is 2.46. The first-order valence-electron chi connectivity index (χ1n) is 7.82. The minimum Gasteiger partial charge on any atom is -0.504 e. The summed E-state index contributed by atoms with van der Waals surface area (Å²) in [5.74, 6) is -2.03. The first-order valence-corrected chi connectivity index (χ1v) is 7.82. The third-order valence-corrected chi connectivity index (χ3v) is 4.80. The molecule has 22 heavy (non-hydrogen) atoms. The Hall–Kier alpha value is -1.75. The molecule has 1 aromatic rings. The lowest BCUT2D eigenvalue weighted by atomic mass is 9.65. The highest BCUT2D eigenvalue weighted by atomic mass is 16.4. The van der Waals surface area contributed by atoms with Gasteiger partial charge in [0.1, 0.15) is 0 Å². The summed E-state index contributed by atoms with van der Waals surface area (Å²) in [6.45, 7) is 4.02. The van der Waals surface area contributed by atoms with Gasteiger partial charge >= 0.3 is 5.97 Å². The maximum atomic E-state index is 11.5. The highest BCUT2D eigenvalue weighted by Crippen LogP contribution is 2.51. The topological polar surface area (TPSA) is 98.0 Å². The molecular formula is C17H24O5. The Morgan fingerprint density at radius 1 is 1.32 bits per heavy atom. The zero-order chi connectivity index (χ0) is 16.5. The van der Waals surface area contributed by atoms with E-state index in [1.165, 1.54) is 6.07 Å². The summed E-state index contributed by atoms with van der Waals surface area (Å²) in [5.41, 5.74) is -1.61. The molecule has 0 radical (unpaired) electrons. The van der Waals surface area contributed by atoms with Gasteiger partial charge in [0.25, 0.3) is 0 Å². The molecule has 0 saturated heterocycles. The second-order valence-electron chi connectivity index (χ2n) is 6.46. The number of carboxylic acids is 1. The second kappa shape index (κ2) is 6.16. The molecule has 4 N–H and O–H groups in total. The number of hydrogen-bond acceptors (Lipinski definition) is 4. The van der Waals surface area contributed by atoms with Crippen molar-refractivity contribution in [2.45, 2.75) is 51.6 Å². The minimum atomic E-state index is -1.43. The lowest BCUT2D eigenvalue weighted by Crippen LogP contribution is -2.41. The number of aromatic hydroxyl groups is 2. The van der Waals surface area contributed by atoms with Crippen LogP contribution in [0.5, 0.6) is 11.5 Å². The third kappa shape index (κ3) is 2.77. The van der Waals surface area contributed by atoms with Crippen LogP contribution in [0.2, 0.25) is 0 Å². The van der Waals surface area contributed by atoms with Gasteiger partial charge in [0, 0.05) is 5.56 Å². The Labute approximate surface area is 130 Å². The van der Waals surface area contributed by atoms with Crippen LogP contribution in [0.3, 0.4) is 0 Å². The number of phenolic OH excluding ortho intramolecular Hbond substituents is 2. The molecule has 1 aliphatic rings. The van der Waals surface area contributed by atoms with Crippen molar-refractivity contribution >= 4 is 5.97 Å². The number of carboxylic acid groups (broad SMARTS) is 1.